The van der Waals surface area contributed by atoms with Gasteiger partial charge in [0.05, 0.1) is 11.9 Å². The van der Waals surface area contributed by atoms with Crippen molar-refractivity contribution in [1.29, 1.82) is 0 Å². The molecule has 2 aromatic carbocycles. The van der Waals surface area contributed by atoms with Gasteiger partial charge in [-0.15, -0.1) is 0 Å². The Morgan fingerprint density at radius 1 is 1.00 bits per heavy atom. The van der Waals surface area contributed by atoms with Crippen LogP contribution in [0.4, 0.5) is 5.69 Å². The van der Waals surface area contributed by atoms with Gasteiger partial charge in [0, 0.05) is 28.7 Å². The molecule has 0 aliphatic rings. The molecule has 7 nitrogen and oxygen atoms in total. The molecule has 2 aromatic rings. The lowest BCUT2D eigenvalue weighted by molar-refractivity contribution is -0.139. The van der Waals surface area contributed by atoms with Crippen molar-refractivity contribution in [2.45, 2.75) is 46.2 Å². The van der Waals surface area contributed by atoms with Crippen LogP contribution in [0.2, 0.25) is 10.0 Å². The number of sulfonamides is 1. The summed E-state index contributed by atoms with van der Waals surface area (Å²) in [5, 5.41) is 3.39. The van der Waals surface area contributed by atoms with E-state index in [1.165, 1.54) is 4.90 Å². The Bertz CT molecular complexity index is 1100. The molecule has 0 spiro atoms. The predicted octanol–water partition coefficient (Wildman–Crippen LogP) is 4.44. The summed E-state index contributed by atoms with van der Waals surface area (Å²) in [5.74, 6) is -0.657. The molecule has 0 radical (unpaired) electrons. The summed E-state index contributed by atoms with van der Waals surface area (Å²) < 4.78 is 26.3. The van der Waals surface area contributed by atoms with Gasteiger partial charge in [-0.25, -0.2) is 8.42 Å². The predicted molar refractivity (Wildman–Crippen MR) is 138 cm³/mol. The normalized spacial score (nSPS) is 12.4. The van der Waals surface area contributed by atoms with E-state index >= 15 is 0 Å². The second kappa shape index (κ2) is 11.9. The number of carbonyl (C=O) groups excluding carboxylic acids is 2. The average molecular weight is 529 g/mol. The zero-order valence-corrected chi connectivity index (χ0v) is 22.3. The van der Waals surface area contributed by atoms with Crippen molar-refractivity contribution in [2.75, 3.05) is 23.7 Å². The number of hydrogen-bond acceptors (Lipinski definition) is 4. The minimum Gasteiger partial charge on any atom is -0.355 e. The molecule has 10 heteroatoms. The fourth-order valence-electron chi connectivity index (χ4n) is 3.40. The van der Waals surface area contributed by atoms with Gasteiger partial charge >= 0.3 is 0 Å². The van der Waals surface area contributed by atoms with Crippen molar-refractivity contribution in [3.8, 4) is 0 Å². The molecule has 0 saturated heterocycles. The molecule has 0 unspecified atom stereocenters. The van der Waals surface area contributed by atoms with Gasteiger partial charge in [-0.2, -0.15) is 0 Å². The minimum atomic E-state index is -3.79. The quantitative estimate of drug-likeness (QED) is 0.494. The van der Waals surface area contributed by atoms with E-state index in [1.807, 2.05) is 26.0 Å². The highest BCUT2D eigenvalue weighted by atomic mass is 35.5. The Morgan fingerprint density at radius 3 is 2.03 bits per heavy atom. The lowest BCUT2D eigenvalue weighted by atomic mass is 10.0. The summed E-state index contributed by atoms with van der Waals surface area (Å²) in [6.45, 7) is 7.27. The molecule has 0 aliphatic heterocycles. The fourth-order valence-corrected chi connectivity index (χ4v) is 4.76. The van der Waals surface area contributed by atoms with E-state index in [9.17, 15) is 18.0 Å². The van der Waals surface area contributed by atoms with Gasteiger partial charge in [0.15, 0.2) is 0 Å². The second-order valence-electron chi connectivity index (χ2n) is 8.31. The monoisotopic (exact) mass is 527 g/mol. The number of carbonyl (C=O) groups is 2. The lowest BCUT2D eigenvalue weighted by Gasteiger charge is -2.32. The van der Waals surface area contributed by atoms with Crippen LogP contribution in [0.1, 0.15) is 44.7 Å². The highest BCUT2D eigenvalue weighted by Gasteiger charge is 2.30. The number of hydrogen-bond donors (Lipinski definition) is 1. The molecular formula is C24H31Cl2N3O4S. The number of rotatable bonds is 10. The molecule has 0 saturated carbocycles. The molecule has 0 aromatic heterocycles. The molecular weight excluding hydrogens is 497 g/mol. The number of amides is 2. The van der Waals surface area contributed by atoms with E-state index in [-0.39, 0.29) is 18.4 Å². The number of anilines is 1. The van der Waals surface area contributed by atoms with Crippen molar-refractivity contribution < 1.29 is 18.0 Å². The van der Waals surface area contributed by atoms with E-state index in [0.717, 1.165) is 16.1 Å². The summed E-state index contributed by atoms with van der Waals surface area (Å²) in [6.07, 6.45) is 1.04. The molecule has 1 atom stereocenters. The number of nitrogens with one attached hydrogen (secondary N) is 1. The Hall–Kier alpha value is -2.29. The molecule has 186 valence electrons. The maximum Gasteiger partial charge on any atom is 0.244 e. The second-order valence-corrected chi connectivity index (χ2v) is 11.0. The molecule has 0 aliphatic carbocycles. The first-order chi connectivity index (χ1) is 15.9. The minimum absolute atomic E-state index is 0.0560. The lowest BCUT2D eigenvalue weighted by Crippen LogP contribution is -2.51. The molecule has 34 heavy (non-hydrogen) atoms. The van der Waals surface area contributed by atoms with Gasteiger partial charge in [0.25, 0.3) is 0 Å². The molecule has 0 bridgehead atoms. The first kappa shape index (κ1) is 28.0. The molecule has 2 amide bonds. The Balaban J connectivity index is 2.43. The summed E-state index contributed by atoms with van der Waals surface area (Å²) in [6, 6.07) is 11.1. The average Bonchev–Trinajstić information content (AvgIpc) is 2.76. The zero-order chi connectivity index (χ0) is 25.6. The summed E-state index contributed by atoms with van der Waals surface area (Å²) >= 11 is 12.6. The van der Waals surface area contributed by atoms with Crippen molar-refractivity contribution in [3.05, 3.63) is 63.6 Å². The van der Waals surface area contributed by atoms with Crippen molar-refractivity contribution >= 4 is 50.7 Å². The van der Waals surface area contributed by atoms with Crippen LogP contribution in [-0.2, 0) is 26.2 Å². The third-order valence-corrected chi connectivity index (χ3v) is 7.28. The van der Waals surface area contributed by atoms with Crippen LogP contribution in [0, 0.1) is 0 Å². The number of benzene rings is 2. The molecule has 0 heterocycles. The fraction of sp³-hybridized carbons (Fsp3) is 0.417. The summed E-state index contributed by atoms with van der Waals surface area (Å²) in [7, 11) is -3.79. The van der Waals surface area contributed by atoms with Gasteiger partial charge in [-0.05, 0) is 49.6 Å². The van der Waals surface area contributed by atoms with Crippen LogP contribution < -0.4 is 9.62 Å². The van der Waals surface area contributed by atoms with Crippen LogP contribution in [0.25, 0.3) is 0 Å². The van der Waals surface area contributed by atoms with E-state index in [4.69, 9.17) is 23.2 Å². The number of likely N-dealkylation sites (N-methyl/N-ethyl adjacent to an activating group) is 1. The molecule has 1 N–H and O–H groups in total. The largest absolute Gasteiger partial charge is 0.355 e. The van der Waals surface area contributed by atoms with Gasteiger partial charge in [0.1, 0.15) is 12.6 Å². The summed E-state index contributed by atoms with van der Waals surface area (Å²) in [4.78, 5) is 27.4. The van der Waals surface area contributed by atoms with Gasteiger partial charge in [-0.1, -0.05) is 55.2 Å². The zero-order valence-electron chi connectivity index (χ0n) is 20.0. The third kappa shape index (κ3) is 7.10. The van der Waals surface area contributed by atoms with Crippen LogP contribution in [0.5, 0.6) is 0 Å². The highest BCUT2D eigenvalue weighted by Crippen LogP contribution is 2.27. The first-order valence-corrected chi connectivity index (χ1v) is 13.5. The van der Waals surface area contributed by atoms with E-state index in [1.54, 1.807) is 44.2 Å². The maximum atomic E-state index is 13.5. The van der Waals surface area contributed by atoms with Crippen molar-refractivity contribution in [1.82, 2.24) is 10.2 Å². The van der Waals surface area contributed by atoms with Crippen LogP contribution >= 0.6 is 23.2 Å². The Kier molecular flexibility index (Phi) is 9.79. The highest BCUT2D eigenvalue weighted by molar-refractivity contribution is 7.92. The van der Waals surface area contributed by atoms with Crippen LogP contribution in [0.3, 0.4) is 0 Å². The Morgan fingerprint density at radius 2 is 1.56 bits per heavy atom. The standard InChI is InChI=1S/C24H31Cl2N3O4S/c1-6-27-24(31)17(4)28(14-20-21(25)8-7-9-22(20)26)23(30)15-29(34(5,32)33)19-12-10-18(11-13-19)16(2)3/h7-13,16-17H,6,14-15H2,1-5H3,(H,27,31)/t17-/m0/s1. The van der Waals surface area contributed by atoms with E-state index < -0.39 is 28.5 Å². The van der Waals surface area contributed by atoms with Gasteiger partial charge < -0.3 is 10.2 Å². The maximum absolute atomic E-state index is 13.5. The SMILES string of the molecule is CCNC(=O)[C@H](C)N(Cc1c(Cl)cccc1Cl)C(=O)CN(c1ccc(C(C)C)cc1)S(C)(=O)=O. The van der Waals surface area contributed by atoms with Gasteiger partial charge in [-0.3, -0.25) is 13.9 Å². The Labute approximate surface area is 212 Å². The number of halogens is 2. The summed E-state index contributed by atoms with van der Waals surface area (Å²) in [5.41, 5.74) is 1.88. The first-order valence-electron chi connectivity index (χ1n) is 10.9. The third-order valence-electron chi connectivity index (χ3n) is 5.44. The molecule has 2 rings (SSSR count). The van der Waals surface area contributed by atoms with Crippen molar-refractivity contribution in [3.63, 3.8) is 0 Å². The topological polar surface area (TPSA) is 86.8 Å². The van der Waals surface area contributed by atoms with Crippen LogP contribution in [-0.4, -0.2) is 50.5 Å². The number of nitrogens with zero attached hydrogens (tertiary/aromatic N) is 2. The van der Waals surface area contributed by atoms with Gasteiger partial charge in [0.2, 0.25) is 21.8 Å². The van der Waals surface area contributed by atoms with Crippen molar-refractivity contribution in [2.24, 2.45) is 0 Å². The van der Waals surface area contributed by atoms with Crippen LogP contribution in [0.15, 0.2) is 42.5 Å². The smallest absolute Gasteiger partial charge is 0.244 e. The van der Waals surface area contributed by atoms with E-state index in [0.29, 0.717) is 27.8 Å². The molecule has 0 fully saturated rings. The van der Waals surface area contributed by atoms with E-state index in [2.05, 4.69) is 5.32 Å².